The monoisotopic (exact) mass is 138 g/mol. The van der Waals surface area contributed by atoms with E-state index in [0.29, 0.717) is 0 Å². The summed E-state index contributed by atoms with van der Waals surface area (Å²) < 4.78 is 5.55. The van der Waals surface area contributed by atoms with Crippen LogP contribution in [0, 0.1) is 0 Å². The van der Waals surface area contributed by atoms with Crippen LogP contribution in [0.25, 0.3) is 0 Å². The van der Waals surface area contributed by atoms with Gasteiger partial charge in [0.1, 0.15) is 0 Å². The van der Waals surface area contributed by atoms with Crippen LogP contribution in [-0.2, 0) is 4.74 Å². The average molecular weight is 138 g/mol. The van der Waals surface area contributed by atoms with Crippen molar-refractivity contribution in [3.8, 4) is 0 Å². The number of methoxy groups -OCH3 is 1. The fourth-order valence-corrected chi connectivity index (χ4v) is 2.34. The number of allylic oxidation sites excluding steroid dienone is 1. The summed E-state index contributed by atoms with van der Waals surface area (Å²) in [5.41, 5.74) is 1.79. The second kappa shape index (κ2) is 2.09. The van der Waals surface area contributed by atoms with E-state index in [1.807, 2.05) is 7.11 Å². The van der Waals surface area contributed by atoms with E-state index in [1.165, 1.54) is 32.1 Å². The van der Waals surface area contributed by atoms with Crippen LogP contribution in [-0.4, -0.2) is 12.7 Å². The molecule has 1 nitrogen and oxygen atoms in total. The molecule has 1 atom stereocenters. The molecule has 1 unspecified atom stereocenters. The second-order valence-corrected chi connectivity index (χ2v) is 3.32. The van der Waals surface area contributed by atoms with Gasteiger partial charge in [-0.2, -0.15) is 0 Å². The topological polar surface area (TPSA) is 9.23 Å². The summed E-state index contributed by atoms with van der Waals surface area (Å²) in [4.78, 5) is 0. The summed E-state index contributed by atoms with van der Waals surface area (Å²) in [5.74, 6) is 0. The number of hydrogen-bond acceptors (Lipinski definition) is 1. The summed E-state index contributed by atoms with van der Waals surface area (Å²) in [7, 11) is 1.85. The van der Waals surface area contributed by atoms with Crippen molar-refractivity contribution >= 4 is 0 Å². The molecule has 2 aliphatic carbocycles. The van der Waals surface area contributed by atoms with E-state index in [0.717, 1.165) is 0 Å². The van der Waals surface area contributed by atoms with E-state index in [9.17, 15) is 0 Å². The Hall–Kier alpha value is -0.300. The Labute approximate surface area is 62.1 Å². The molecule has 0 aromatic rings. The zero-order chi connectivity index (χ0) is 7.03. The van der Waals surface area contributed by atoms with Crippen molar-refractivity contribution in [3.05, 3.63) is 11.6 Å². The lowest BCUT2D eigenvalue weighted by atomic mass is 9.99. The molecule has 0 N–H and O–H groups in total. The number of fused-ring (bicyclic) bond motifs is 1. The third-order valence-corrected chi connectivity index (χ3v) is 2.94. The van der Waals surface area contributed by atoms with Gasteiger partial charge in [-0.25, -0.2) is 0 Å². The Bertz CT molecular complexity index is 172. The van der Waals surface area contributed by atoms with Gasteiger partial charge in [-0.1, -0.05) is 6.08 Å². The number of hydrogen-bond donors (Lipinski definition) is 0. The van der Waals surface area contributed by atoms with E-state index in [1.54, 1.807) is 5.57 Å². The van der Waals surface area contributed by atoms with Crippen LogP contribution in [0.4, 0.5) is 0 Å². The van der Waals surface area contributed by atoms with Gasteiger partial charge in [-0.3, -0.25) is 0 Å². The van der Waals surface area contributed by atoms with Gasteiger partial charge in [0.05, 0.1) is 5.60 Å². The second-order valence-electron chi connectivity index (χ2n) is 3.32. The third-order valence-electron chi connectivity index (χ3n) is 2.94. The molecule has 1 saturated carbocycles. The summed E-state index contributed by atoms with van der Waals surface area (Å²) in [5, 5.41) is 0. The molecule has 2 aliphatic rings. The Morgan fingerprint density at radius 1 is 1.50 bits per heavy atom. The Kier molecular flexibility index (Phi) is 1.34. The predicted octanol–water partition coefficient (Wildman–Crippen LogP) is 2.28. The predicted molar refractivity (Wildman–Crippen MR) is 40.9 cm³/mol. The molecule has 0 spiro atoms. The summed E-state index contributed by atoms with van der Waals surface area (Å²) in [6, 6.07) is 0. The minimum Gasteiger partial charge on any atom is -0.374 e. The zero-order valence-corrected chi connectivity index (χ0v) is 6.52. The van der Waals surface area contributed by atoms with Crippen LogP contribution in [0.3, 0.4) is 0 Å². The maximum Gasteiger partial charge on any atom is 0.0890 e. The van der Waals surface area contributed by atoms with Crippen LogP contribution in [0.2, 0.25) is 0 Å². The van der Waals surface area contributed by atoms with Crippen molar-refractivity contribution in [2.45, 2.75) is 37.7 Å². The first-order valence-electron chi connectivity index (χ1n) is 4.12. The smallest absolute Gasteiger partial charge is 0.0890 e. The van der Waals surface area contributed by atoms with E-state index in [-0.39, 0.29) is 5.60 Å². The average Bonchev–Trinajstić information content (AvgIpc) is 2.42. The maximum absolute atomic E-state index is 5.55. The molecule has 0 aromatic heterocycles. The fourth-order valence-electron chi connectivity index (χ4n) is 2.34. The standard InChI is InChI=1S/C9H14O/c1-10-9-6-2-4-8(9)5-3-7-9/h4H,2-3,5-7H2,1H3. The van der Waals surface area contributed by atoms with E-state index < -0.39 is 0 Å². The highest BCUT2D eigenvalue weighted by atomic mass is 16.5. The lowest BCUT2D eigenvalue weighted by molar-refractivity contribution is 0.0280. The van der Waals surface area contributed by atoms with E-state index in [2.05, 4.69) is 6.08 Å². The molecule has 1 heteroatoms. The summed E-state index contributed by atoms with van der Waals surface area (Å²) >= 11 is 0. The van der Waals surface area contributed by atoms with Crippen LogP contribution in [0.5, 0.6) is 0 Å². The first-order chi connectivity index (χ1) is 4.87. The molecule has 0 radical (unpaired) electrons. The SMILES string of the molecule is COC12CCC=C1CCC2. The third kappa shape index (κ3) is 0.671. The lowest BCUT2D eigenvalue weighted by Gasteiger charge is -2.24. The summed E-state index contributed by atoms with van der Waals surface area (Å²) in [6.45, 7) is 0. The highest BCUT2D eigenvalue weighted by Gasteiger charge is 2.40. The van der Waals surface area contributed by atoms with Gasteiger partial charge in [0, 0.05) is 7.11 Å². The Morgan fingerprint density at radius 2 is 2.40 bits per heavy atom. The van der Waals surface area contributed by atoms with Gasteiger partial charge in [0.15, 0.2) is 0 Å². The largest absolute Gasteiger partial charge is 0.374 e. The van der Waals surface area contributed by atoms with Gasteiger partial charge in [0.2, 0.25) is 0 Å². The van der Waals surface area contributed by atoms with Gasteiger partial charge in [-0.15, -0.1) is 0 Å². The number of ether oxygens (including phenoxy) is 1. The van der Waals surface area contributed by atoms with Gasteiger partial charge >= 0.3 is 0 Å². The van der Waals surface area contributed by atoms with Gasteiger partial charge < -0.3 is 4.74 Å². The zero-order valence-electron chi connectivity index (χ0n) is 6.52. The quantitative estimate of drug-likeness (QED) is 0.505. The van der Waals surface area contributed by atoms with Gasteiger partial charge in [0.25, 0.3) is 0 Å². The lowest BCUT2D eigenvalue weighted by Crippen LogP contribution is -2.25. The highest BCUT2D eigenvalue weighted by molar-refractivity contribution is 5.26. The van der Waals surface area contributed by atoms with Crippen LogP contribution >= 0.6 is 0 Å². The molecule has 0 aromatic carbocycles. The minimum atomic E-state index is 0.208. The van der Waals surface area contributed by atoms with Crippen molar-refractivity contribution in [3.63, 3.8) is 0 Å². The van der Waals surface area contributed by atoms with Gasteiger partial charge in [-0.05, 0) is 37.7 Å². The Balaban J connectivity index is 2.27. The maximum atomic E-state index is 5.55. The highest BCUT2D eigenvalue weighted by Crippen LogP contribution is 2.45. The van der Waals surface area contributed by atoms with Crippen molar-refractivity contribution in [2.75, 3.05) is 7.11 Å². The first-order valence-corrected chi connectivity index (χ1v) is 4.12. The van der Waals surface area contributed by atoms with E-state index >= 15 is 0 Å². The minimum absolute atomic E-state index is 0.208. The molecule has 0 heterocycles. The molecule has 0 saturated heterocycles. The molecule has 56 valence electrons. The van der Waals surface area contributed by atoms with Crippen molar-refractivity contribution in [1.82, 2.24) is 0 Å². The molecule has 0 aliphatic heterocycles. The molecule has 10 heavy (non-hydrogen) atoms. The molecule has 0 bridgehead atoms. The number of rotatable bonds is 1. The van der Waals surface area contributed by atoms with Crippen LogP contribution in [0.1, 0.15) is 32.1 Å². The molecule has 1 fully saturated rings. The molecule has 2 rings (SSSR count). The van der Waals surface area contributed by atoms with Crippen molar-refractivity contribution in [2.24, 2.45) is 0 Å². The first kappa shape index (κ1) is 6.41. The van der Waals surface area contributed by atoms with Crippen LogP contribution < -0.4 is 0 Å². The normalized spacial score (nSPS) is 37.9. The van der Waals surface area contributed by atoms with Crippen molar-refractivity contribution < 1.29 is 4.74 Å². The van der Waals surface area contributed by atoms with E-state index in [4.69, 9.17) is 4.74 Å². The fraction of sp³-hybridized carbons (Fsp3) is 0.778. The molecular weight excluding hydrogens is 124 g/mol. The Morgan fingerprint density at radius 3 is 3.10 bits per heavy atom. The summed E-state index contributed by atoms with van der Waals surface area (Å²) in [6.07, 6.45) is 8.72. The molecular formula is C9H14O. The van der Waals surface area contributed by atoms with Crippen LogP contribution in [0.15, 0.2) is 11.6 Å². The molecule has 0 amide bonds. The van der Waals surface area contributed by atoms with Crippen molar-refractivity contribution in [1.29, 1.82) is 0 Å².